The summed E-state index contributed by atoms with van der Waals surface area (Å²) in [6.07, 6.45) is 1.76. The van der Waals surface area contributed by atoms with Crippen molar-refractivity contribution in [3.63, 3.8) is 0 Å². The van der Waals surface area contributed by atoms with Crippen LogP contribution in [0, 0.1) is 0 Å². The average Bonchev–Trinajstić information content (AvgIpc) is 2.82. The molecule has 170 valence electrons. The van der Waals surface area contributed by atoms with Gasteiger partial charge < -0.3 is 30.0 Å². The van der Waals surface area contributed by atoms with Gasteiger partial charge in [-0.1, -0.05) is 30.3 Å². The summed E-state index contributed by atoms with van der Waals surface area (Å²) in [5.41, 5.74) is 7.93. The molecule has 1 aliphatic heterocycles. The number of phenolic OH excluding ortho intramolecular Hbond substituents is 1. The molecule has 0 bridgehead atoms. The standard InChI is InChI=1S/C24H30N4O4/c1-3-31-15-22(16-7-5-4-6-8-16)32-17-9-11-28(12-10-17)24-26-19-14-21(30-2)20(29)13-18(19)23(25)27-24/h4-8,13-14,17,22,29H,3,9-12,15H2,1-2H3,(H2,25,26,27). The quantitative estimate of drug-likeness (QED) is 0.549. The van der Waals surface area contributed by atoms with Gasteiger partial charge in [0.05, 0.1) is 25.3 Å². The maximum atomic E-state index is 10.0. The van der Waals surface area contributed by atoms with Crippen LogP contribution in [-0.4, -0.2) is 54.6 Å². The van der Waals surface area contributed by atoms with Crippen LogP contribution in [0.2, 0.25) is 0 Å². The molecule has 1 saturated heterocycles. The van der Waals surface area contributed by atoms with E-state index in [9.17, 15) is 5.11 Å². The van der Waals surface area contributed by atoms with Crippen LogP contribution < -0.4 is 15.4 Å². The molecule has 8 heteroatoms. The summed E-state index contributed by atoms with van der Waals surface area (Å²) in [6.45, 7) is 4.73. The summed E-state index contributed by atoms with van der Waals surface area (Å²) in [5.74, 6) is 1.29. The van der Waals surface area contributed by atoms with E-state index in [-0.39, 0.29) is 18.0 Å². The fraction of sp³-hybridized carbons (Fsp3) is 0.417. The molecule has 1 aromatic heterocycles. The third kappa shape index (κ3) is 4.87. The molecule has 1 fully saturated rings. The minimum atomic E-state index is -0.0830. The molecule has 2 aromatic carbocycles. The second kappa shape index (κ2) is 10.0. The van der Waals surface area contributed by atoms with E-state index in [0.717, 1.165) is 31.5 Å². The Morgan fingerprint density at radius 1 is 1.16 bits per heavy atom. The lowest BCUT2D eigenvalue weighted by molar-refractivity contribution is -0.0650. The van der Waals surface area contributed by atoms with E-state index in [4.69, 9.17) is 19.9 Å². The highest BCUT2D eigenvalue weighted by Crippen LogP contribution is 2.34. The Bertz CT molecular complexity index is 1040. The molecule has 3 N–H and O–H groups in total. The summed E-state index contributed by atoms with van der Waals surface area (Å²) in [6, 6.07) is 13.4. The predicted octanol–water partition coefficient (Wildman–Crippen LogP) is 3.69. The lowest BCUT2D eigenvalue weighted by Crippen LogP contribution is -2.39. The Morgan fingerprint density at radius 3 is 2.59 bits per heavy atom. The Morgan fingerprint density at radius 2 is 1.91 bits per heavy atom. The highest BCUT2D eigenvalue weighted by Gasteiger charge is 2.26. The van der Waals surface area contributed by atoms with E-state index in [2.05, 4.69) is 27.0 Å². The van der Waals surface area contributed by atoms with Gasteiger partial charge in [0.1, 0.15) is 11.9 Å². The first-order chi connectivity index (χ1) is 15.6. The number of hydrogen-bond acceptors (Lipinski definition) is 8. The number of nitrogen functional groups attached to an aromatic ring is 1. The lowest BCUT2D eigenvalue weighted by Gasteiger charge is -2.34. The molecular weight excluding hydrogens is 408 g/mol. The minimum absolute atomic E-state index is 0.0148. The van der Waals surface area contributed by atoms with Crippen molar-refractivity contribution < 1.29 is 19.3 Å². The van der Waals surface area contributed by atoms with Gasteiger partial charge in [-0.2, -0.15) is 4.98 Å². The number of benzene rings is 2. The van der Waals surface area contributed by atoms with Crippen molar-refractivity contribution in [3.05, 3.63) is 48.0 Å². The Labute approximate surface area is 187 Å². The van der Waals surface area contributed by atoms with Gasteiger partial charge in [0.2, 0.25) is 5.95 Å². The smallest absolute Gasteiger partial charge is 0.227 e. The third-order valence-electron chi connectivity index (χ3n) is 5.74. The Kier molecular flexibility index (Phi) is 6.92. The van der Waals surface area contributed by atoms with Crippen molar-refractivity contribution in [1.82, 2.24) is 9.97 Å². The van der Waals surface area contributed by atoms with Crippen molar-refractivity contribution in [2.45, 2.75) is 32.0 Å². The molecule has 1 aliphatic rings. The van der Waals surface area contributed by atoms with Crippen LogP contribution in [0.15, 0.2) is 42.5 Å². The van der Waals surface area contributed by atoms with Gasteiger partial charge in [0.15, 0.2) is 11.5 Å². The first-order valence-corrected chi connectivity index (χ1v) is 11.0. The van der Waals surface area contributed by atoms with Crippen LogP contribution in [-0.2, 0) is 9.47 Å². The van der Waals surface area contributed by atoms with Gasteiger partial charge in [0, 0.05) is 31.1 Å². The molecule has 0 aliphatic carbocycles. The van der Waals surface area contributed by atoms with E-state index < -0.39 is 0 Å². The molecular formula is C24H30N4O4. The normalized spacial score (nSPS) is 15.8. The second-order valence-electron chi connectivity index (χ2n) is 7.83. The third-order valence-corrected chi connectivity index (χ3v) is 5.74. The maximum Gasteiger partial charge on any atom is 0.227 e. The zero-order valence-electron chi connectivity index (χ0n) is 18.5. The molecule has 2 heterocycles. The van der Waals surface area contributed by atoms with Gasteiger partial charge in [-0.25, -0.2) is 4.98 Å². The van der Waals surface area contributed by atoms with E-state index >= 15 is 0 Å². The zero-order chi connectivity index (χ0) is 22.5. The molecule has 32 heavy (non-hydrogen) atoms. The number of nitrogens with two attached hydrogens (primary N) is 1. The molecule has 0 saturated carbocycles. The largest absolute Gasteiger partial charge is 0.504 e. The van der Waals surface area contributed by atoms with Crippen molar-refractivity contribution in [2.24, 2.45) is 0 Å². The molecule has 0 spiro atoms. The summed E-state index contributed by atoms with van der Waals surface area (Å²) < 4.78 is 17.3. The van der Waals surface area contributed by atoms with Crippen molar-refractivity contribution in [1.29, 1.82) is 0 Å². The van der Waals surface area contributed by atoms with Crippen LogP contribution in [0.1, 0.15) is 31.4 Å². The zero-order valence-corrected chi connectivity index (χ0v) is 18.5. The van der Waals surface area contributed by atoms with E-state index in [0.29, 0.717) is 41.6 Å². The van der Waals surface area contributed by atoms with E-state index in [1.807, 2.05) is 25.1 Å². The Balaban J connectivity index is 1.45. The summed E-state index contributed by atoms with van der Waals surface area (Å²) in [4.78, 5) is 11.3. The second-order valence-corrected chi connectivity index (χ2v) is 7.83. The molecule has 0 radical (unpaired) electrons. The number of phenols is 1. The number of rotatable bonds is 8. The SMILES string of the molecule is CCOCC(OC1CCN(c2nc(N)c3cc(O)c(OC)cc3n2)CC1)c1ccccc1. The van der Waals surface area contributed by atoms with E-state index in [1.165, 1.54) is 13.2 Å². The minimum Gasteiger partial charge on any atom is -0.504 e. The fourth-order valence-electron chi connectivity index (χ4n) is 3.99. The lowest BCUT2D eigenvalue weighted by atomic mass is 10.1. The van der Waals surface area contributed by atoms with Crippen LogP contribution in [0.5, 0.6) is 11.5 Å². The molecule has 4 rings (SSSR count). The highest BCUT2D eigenvalue weighted by molar-refractivity contribution is 5.91. The van der Waals surface area contributed by atoms with Crippen LogP contribution in [0.4, 0.5) is 11.8 Å². The van der Waals surface area contributed by atoms with Gasteiger partial charge in [-0.15, -0.1) is 0 Å². The molecule has 3 aromatic rings. The van der Waals surface area contributed by atoms with Gasteiger partial charge in [0.25, 0.3) is 0 Å². The topological polar surface area (TPSA) is 103 Å². The summed E-state index contributed by atoms with van der Waals surface area (Å²) >= 11 is 0. The number of hydrogen-bond donors (Lipinski definition) is 2. The van der Waals surface area contributed by atoms with Crippen molar-refractivity contribution >= 4 is 22.7 Å². The van der Waals surface area contributed by atoms with Crippen LogP contribution in [0.3, 0.4) is 0 Å². The van der Waals surface area contributed by atoms with E-state index in [1.54, 1.807) is 6.07 Å². The number of aromatic hydroxyl groups is 1. The summed E-state index contributed by atoms with van der Waals surface area (Å²) in [5, 5.41) is 10.6. The number of ether oxygens (including phenoxy) is 3. The molecule has 8 nitrogen and oxygen atoms in total. The molecule has 1 atom stereocenters. The first kappa shape index (κ1) is 22.1. The fourth-order valence-corrected chi connectivity index (χ4v) is 3.99. The number of piperidine rings is 1. The van der Waals surface area contributed by atoms with Crippen LogP contribution in [0.25, 0.3) is 10.9 Å². The van der Waals surface area contributed by atoms with Crippen LogP contribution >= 0.6 is 0 Å². The number of fused-ring (bicyclic) bond motifs is 1. The number of anilines is 2. The molecule has 0 amide bonds. The van der Waals surface area contributed by atoms with Crippen molar-refractivity contribution in [3.8, 4) is 11.5 Å². The molecule has 1 unspecified atom stereocenters. The predicted molar refractivity (Wildman–Crippen MR) is 124 cm³/mol. The Hall–Kier alpha value is -3.10. The first-order valence-electron chi connectivity index (χ1n) is 11.0. The number of nitrogens with zero attached hydrogens (tertiary/aromatic N) is 3. The highest BCUT2D eigenvalue weighted by atomic mass is 16.5. The number of methoxy groups -OCH3 is 1. The summed E-state index contributed by atoms with van der Waals surface area (Å²) in [7, 11) is 1.51. The van der Waals surface area contributed by atoms with Crippen molar-refractivity contribution in [2.75, 3.05) is 44.0 Å². The average molecular weight is 439 g/mol. The number of aromatic nitrogens is 2. The van der Waals surface area contributed by atoms with Gasteiger partial charge in [-0.3, -0.25) is 0 Å². The maximum absolute atomic E-state index is 10.0. The van der Waals surface area contributed by atoms with Gasteiger partial charge in [-0.05, 0) is 31.4 Å². The monoisotopic (exact) mass is 438 g/mol. The van der Waals surface area contributed by atoms with Gasteiger partial charge >= 0.3 is 0 Å².